The lowest BCUT2D eigenvalue weighted by atomic mass is 9.78. The van der Waals surface area contributed by atoms with Gasteiger partial charge in [0.2, 0.25) is 5.91 Å². The number of nitrogens with one attached hydrogen (secondary N) is 1. The van der Waals surface area contributed by atoms with Gasteiger partial charge in [0, 0.05) is 12.1 Å². The van der Waals surface area contributed by atoms with Crippen LogP contribution < -0.4 is 10.9 Å². The zero-order valence-corrected chi connectivity index (χ0v) is 18.2. The zero-order valence-electron chi connectivity index (χ0n) is 17.4. The van der Waals surface area contributed by atoms with Crippen molar-refractivity contribution in [3.63, 3.8) is 0 Å². The summed E-state index contributed by atoms with van der Waals surface area (Å²) < 4.78 is 1.90. The van der Waals surface area contributed by atoms with E-state index in [-0.39, 0.29) is 17.5 Å². The summed E-state index contributed by atoms with van der Waals surface area (Å²) in [5.74, 6) is 1.34. The molecule has 6 heteroatoms. The highest BCUT2D eigenvalue weighted by molar-refractivity contribution is 7.99. The highest BCUT2D eigenvalue weighted by atomic mass is 32.2. The molecule has 0 aliphatic heterocycles. The Morgan fingerprint density at radius 3 is 2.69 bits per heavy atom. The monoisotopic (exact) mass is 413 g/mol. The molecule has 1 heterocycles. The van der Waals surface area contributed by atoms with Gasteiger partial charge in [-0.1, -0.05) is 63.4 Å². The van der Waals surface area contributed by atoms with Crippen LogP contribution in [0.25, 0.3) is 10.9 Å². The summed E-state index contributed by atoms with van der Waals surface area (Å²) in [5, 5.41) is 4.49. The quantitative estimate of drug-likeness (QED) is 0.577. The SMILES string of the molecule is CC1CCCC(n2c(SCC(=O)NC3CCCC3)nc3ccccc3c2=O)C1C. The van der Waals surface area contributed by atoms with Crippen molar-refractivity contribution in [3.05, 3.63) is 34.6 Å². The molecule has 0 saturated heterocycles. The van der Waals surface area contributed by atoms with Crippen LogP contribution >= 0.6 is 11.8 Å². The van der Waals surface area contributed by atoms with E-state index in [1.165, 1.54) is 31.0 Å². The molecule has 2 aromatic rings. The van der Waals surface area contributed by atoms with E-state index in [0.717, 1.165) is 25.7 Å². The molecule has 3 unspecified atom stereocenters. The molecule has 0 spiro atoms. The maximum absolute atomic E-state index is 13.4. The second-order valence-corrected chi connectivity index (χ2v) is 9.70. The highest BCUT2D eigenvalue weighted by Crippen LogP contribution is 2.38. The number of hydrogen-bond acceptors (Lipinski definition) is 4. The maximum atomic E-state index is 13.4. The third kappa shape index (κ3) is 4.37. The fourth-order valence-corrected chi connectivity index (χ4v) is 5.77. The van der Waals surface area contributed by atoms with Gasteiger partial charge in [0.25, 0.3) is 5.56 Å². The summed E-state index contributed by atoms with van der Waals surface area (Å²) in [7, 11) is 0. The van der Waals surface area contributed by atoms with E-state index < -0.39 is 0 Å². The Morgan fingerprint density at radius 1 is 1.14 bits per heavy atom. The molecule has 1 amide bonds. The first-order valence-corrected chi connectivity index (χ1v) is 12.0. The van der Waals surface area contributed by atoms with E-state index in [0.29, 0.717) is 39.7 Å². The minimum atomic E-state index is 0.0280. The van der Waals surface area contributed by atoms with Crippen LogP contribution in [-0.2, 0) is 4.79 Å². The fraction of sp³-hybridized carbons (Fsp3) is 0.609. The third-order valence-corrected chi connectivity index (χ3v) is 7.78. The summed E-state index contributed by atoms with van der Waals surface area (Å²) in [6.45, 7) is 4.52. The van der Waals surface area contributed by atoms with Crippen molar-refractivity contribution in [1.29, 1.82) is 0 Å². The average Bonchev–Trinajstić information content (AvgIpc) is 3.22. The summed E-state index contributed by atoms with van der Waals surface area (Å²) in [6.07, 6.45) is 7.87. The number of amides is 1. The molecule has 0 bridgehead atoms. The Balaban J connectivity index is 1.64. The molecule has 2 aliphatic rings. The van der Waals surface area contributed by atoms with E-state index in [2.05, 4.69) is 19.2 Å². The molecule has 3 atom stereocenters. The van der Waals surface area contributed by atoms with Crippen molar-refractivity contribution in [2.24, 2.45) is 11.8 Å². The highest BCUT2D eigenvalue weighted by Gasteiger charge is 2.31. The first kappa shape index (κ1) is 20.5. The molecule has 4 rings (SSSR count). The Kier molecular flexibility index (Phi) is 6.28. The molecule has 1 aromatic carbocycles. The van der Waals surface area contributed by atoms with Crippen molar-refractivity contribution in [3.8, 4) is 0 Å². The number of nitrogens with zero attached hydrogens (tertiary/aromatic N) is 2. The van der Waals surface area contributed by atoms with Gasteiger partial charge in [-0.05, 0) is 43.2 Å². The predicted octanol–water partition coefficient (Wildman–Crippen LogP) is 4.54. The minimum absolute atomic E-state index is 0.0280. The fourth-order valence-electron chi connectivity index (χ4n) is 4.91. The number of carbonyl (C=O) groups excluding carboxylic acids is 1. The number of hydrogen-bond donors (Lipinski definition) is 1. The molecule has 2 saturated carbocycles. The normalized spacial score (nSPS) is 25.4. The van der Waals surface area contributed by atoms with Crippen LogP contribution in [0.2, 0.25) is 0 Å². The Morgan fingerprint density at radius 2 is 1.90 bits per heavy atom. The number of carbonyl (C=O) groups is 1. The van der Waals surface area contributed by atoms with E-state index >= 15 is 0 Å². The number of benzene rings is 1. The van der Waals surface area contributed by atoms with Gasteiger partial charge in [0.1, 0.15) is 0 Å². The lowest BCUT2D eigenvalue weighted by Crippen LogP contribution is -2.36. The van der Waals surface area contributed by atoms with Crippen LogP contribution in [0.1, 0.15) is 64.8 Å². The Labute approximate surface area is 176 Å². The Bertz CT molecular complexity index is 935. The lowest BCUT2D eigenvalue weighted by molar-refractivity contribution is -0.119. The summed E-state index contributed by atoms with van der Waals surface area (Å²) in [6, 6.07) is 8.00. The van der Waals surface area contributed by atoms with Crippen molar-refractivity contribution < 1.29 is 4.79 Å². The minimum Gasteiger partial charge on any atom is -0.353 e. The van der Waals surface area contributed by atoms with Gasteiger partial charge >= 0.3 is 0 Å². The summed E-state index contributed by atoms with van der Waals surface area (Å²) in [5.41, 5.74) is 0.740. The first-order chi connectivity index (χ1) is 14.0. The van der Waals surface area contributed by atoms with E-state index in [1.807, 2.05) is 28.8 Å². The van der Waals surface area contributed by atoms with E-state index in [1.54, 1.807) is 0 Å². The largest absolute Gasteiger partial charge is 0.353 e. The van der Waals surface area contributed by atoms with Crippen molar-refractivity contribution in [2.75, 3.05) is 5.75 Å². The molecular weight excluding hydrogens is 382 g/mol. The average molecular weight is 414 g/mol. The second kappa shape index (κ2) is 8.90. The Hall–Kier alpha value is -1.82. The van der Waals surface area contributed by atoms with Crippen LogP contribution in [-0.4, -0.2) is 27.3 Å². The second-order valence-electron chi connectivity index (χ2n) is 8.76. The van der Waals surface area contributed by atoms with Gasteiger partial charge in [0.15, 0.2) is 5.16 Å². The van der Waals surface area contributed by atoms with E-state index in [9.17, 15) is 9.59 Å². The molecule has 1 aromatic heterocycles. The van der Waals surface area contributed by atoms with Gasteiger partial charge in [-0.2, -0.15) is 0 Å². The molecule has 2 fully saturated rings. The maximum Gasteiger partial charge on any atom is 0.262 e. The van der Waals surface area contributed by atoms with Gasteiger partial charge < -0.3 is 5.32 Å². The van der Waals surface area contributed by atoms with Crippen molar-refractivity contribution in [2.45, 2.75) is 76.0 Å². The molecule has 5 nitrogen and oxygen atoms in total. The lowest BCUT2D eigenvalue weighted by Gasteiger charge is -2.36. The number of thioether (sulfide) groups is 1. The standard InChI is InChI=1S/C23H31N3O2S/c1-15-8-7-13-20(16(15)2)26-22(28)18-11-5-6-12-19(18)25-23(26)29-14-21(27)24-17-9-3-4-10-17/h5-6,11-12,15-17,20H,3-4,7-10,13-14H2,1-2H3,(H,24,27). The van der Waals surface area contributed by atoms with Crippen molar-refractivity contribution >= 4 is 28.6 Å². The summed E-state index contributed by atoms with van der Waals surface area (Å²) >= 11 is 1.40. The molecule has 156 valence electrons. The molecular formula is C23H31N3O2S. The molecule has 0 radical (unpaired) electrons. The number of rotatable bonds is 5. The van der Waals surface area contributed by atoms with Crippen LogP contribution in [0.3, 0.4) is 0 Å². The first-order valence-electron chi connectivity index (χ1n) is 11.0. The smallest absolute Gasteiger partial charge is 0.262 e. The van der Waals surface area contributed by atoms with Crippen LogP contribution in [0.4, 0.5) is 0 Å². The molecule has 1 N–H and O–H groups in total. The van der Waals surface area contributed by atoms with Gasteiger partial charge in [-0.25, -0.2) is 4.98 Å². The number of para-hydroxylation sites is 1. The van der Waals surface area contributed by atoms with Gasteiger partial charge in [-0.15, -0.1) is 0 Å². The third-order valence-electron chi connectivity index (χ3n) is 6.82. The van der Waals surface area contributed by atoms with Crippen LogP contribution in [0.5, 0.6) is 0 Å². The van der Waals surface area contributed by atoms with E-state index in [4.69, 9.17) is 4.98 Å². The molecule has 29 heavy (non-hydrogen) atoms. The molecule has 2 aliphatic carbocycles. The van der Waals surface area contributed by atoms with Crippen LogP contribution in [0.15, 0.2) is 34.2 Å². The topological polar surface area (TPSA) is 64.0 Å². The predicted molar refractivity (Wildman–Crippen MR) is 118 cm³/mol. The number of aromatic nitrogens is 2. The number of fused-ring (bicyclic) bond motifs is 1. The van der Waals surface area contributed by atoms with Gasteiger partial charge in [0.05, 0.1) is 16.7 Å². The van der Waals surface area contributed by atoms with Crippen LogP contribution in [0, 0.1) is 11.8 Å². The van der Waals surface area contributed by atoms with Crippen molar-refractivity contribution in [1.82, 2.24) is 14.9 Å². The zero-order chi connectivity index (χ0) is 20.4. The summed E-state index contributed by atoms with van der Waals surface area (Å²) in [4.78, 5) is 30.7. The van der Waals surface area contributed by atoms with Gasteiger partial charge in [-0.3, -0.25) is 14.2 Å².